The summed E-state index contributed by atoms with van der Waals surface area (Å²) in [4.78, 5) is 13.4. The van der Waals surface area contributed by atoms with Crippen molar-refractivity contribution in [2.75, 3.05) is 18.4 Å². The topological polar surface area (TPSA) is 59.6 Å². The fourth-order valence-corrected chi connectivity index (χ4v) is 2.28. The maximum absolute atomic E-state index is 12.0. The van der Waals surface area contributed by atoms with Crippen molar-refractivity contribution in [2.24, 2.45) is 0 Å². The van der Waals surface area contributed by atoms with Crippen molar-refractivity contribution in [3.63, 3.8) is 0 Å². The number of rotatable bonds is 3. The summed E-state index contributed by atoms with van der Waals surface area (Å²) in [6.07, 6.45) is 3.73. The van der Waals surface area contributed by atoms with Gasteiger partial charge in [0.1, 0.15) is 5.76 Å². The molecule has 5 nitrogen and oxygen atoms in total. The second kappa shape index (κ2) is 5.31. The number of aryl methyl sites for hydroxylation is 1. The van der Waals surface area contributed by atoms with E-state index in [1.54, 1.807) is 6.07 Å². The Morgan fingerprint density at radius 1 is 1.47 bits per heavy atom. The summed E-state index contributed by atoms with van der Waals surface area (Å²) < 4.78 is 4.92. The Kier molecular flexibility index (Phi) is 3.78. The van der Waals surface area contributed by atoms with Crippen LogP contribution >= 0.6 is 0 Å². The molecule has 1 aromatic heterocycles. The number of aromatic nitrogens is 1. The molecule has 1 amide bonds. The van der Waals surface area contributed by atoms with E-state index in [9.17, 15) is 4.79 Å². The van der Waals surface area contributed by atoms with Crippen LogP contribution in [-0.2, 0) is 4.79 Å². The molecular weight excluding hydrogens is 218 g/mol. The Bertz CT molecular complexity index is 383. The van der Waals surface area contributed by atoms with Crippen molar-refractivity contribution in [3.8, 4) is 0 Å². The monoisotopic (exact) mass is 238 g/mol. The molecule has 0 unspecified atom stereocenters. The highest BCUT2D eigenvalue weighted by atomic mass is 16.5. The summed E-state index contributed by atoms with van der Waals surface area (Å²) in [7, 11) is 0. The van der Waals surface area contributed by atoms with E-state index in [1.807, 2.05) is 13.8 Å². The van der Waals surface area contributed by atoms with Crippen LogP contribution in [0.1, 0.15) is 31.9 Å². The first-order valence-corrected chi connectivity index (χ1v) is 6.25. The minimum Gasteiger partial charge on any atom is -0.360 e. The molecule has 1 aromatic rings. The van der Waals surface area contributed by atoms with Crippen molar-refractivity contribution in [2.45, 2.75) is 39.2 Å². The molecule has 0 saturated carbocycles. The summed E-state index contributed by atoms with van der Waals surface area (Å²) in [5.74, 6) is 1.24. The molecule has 17 heavy (non-hydrogen) atoms. The van der Waals surface area contributed by atoms with Crippen LogP contribution in [0, 0.1) is 6.92 Å². The molecule has 1 aliphatic rings. The van der Waals surface area contributed by atoms with Crippen molar-refractivity contribution in [1.82, 2.24) is 5.16 Å². The highest BCUT2D eigenvalue weighted by Gasteiger charge is 2.26. The predicted octanol–water partition coefficient (Wildman–Crippen LogP) is 0.379. The molecule has 94 valence electrons. The van der Waals surface area contributed by atoms with Crippen LogP contribution in [-0.4, -0.2) is 30.2 Å². The van der Waals surface area contributed by atoms with Crippen LogP contribution in [0.4, 0.5) is 5.82 Å². The van der Waals surface area contributed by atoms with Crippen LogP contribution in [0.5, 0.6) is 0 Å². The second-order valence-electron chi connectivity index (χ2n) is 4.75. The van der Waals surface area contributed by atoms with E-state index in [2.05, 4.69) is 10.5 Å². The molecule has 1 fully saturated rings. The third-order valence-electron chi connectivity index (χ3n) is 3.38. The maximum Gasteiger partial charge on any atom is 0.283 e. The lowest BCUT2D eigenvalue weighted by atomic mass is 10.1. The zero-order valence-electron chi connectivity index (χ0n) is 10.5. The molecule has 5 heteroatoms. The lowest BCUT2D eigenvalue weighted by Gasteiger charge is -2.28. The number of carbonyl (C=O) groups is 1. The van der Waals surface area contributed by atoms with Crippen molar-refractivity contribution >= 4 is 11.7 Å². The average Bonchev–Trinajstić information content (AvgIpc) is 2.75. The first-order valence-electron chi connectivity index (χ1n) is 6.25. The van der Waals surface area contributed by atoms with Crippen molar-refractivity contribution < 1.29 is 14.2 Å². The van der Waals surface area contributed by atoms with Gasteiger partial charge < -0.3 is 14.7 Å². The molecule has 0 radical (unpaired) electrons. The summed E-state index contributed by atoms with van der Waals surface area (Å²) in [6, 6.07) is 1.71. The molecule has 0 aliphatic carbocycles. The quantitative estimate of drug-likeness (QED) is 0.800. The van der Waals surface area contributed by atoms with Gasteiger partial charge in [-0.25, -0.2) is 0 Å². The van der Waals surface area contributed by atoms with E-state index in [0.717, 1.165) is 13.1 Å². The van der Waals surface area contributed by atoms with E-state index in [1.165, 1.54) is 24.2 Å². The van der Waals surface area contributed by atoms with Crippen LogP contribution < -0.4 is 10.2 Å². The van der Waals surface area contributed by atoms with Crippen LogP contribution in [0.3, 0.4) is 0 Å². The molecule has 0 aromatic carbocycles. The van der Waals surface area contributed by atoms with Crippen molar-refractivity contribution in [1.29, 1.82) is 0 Å². The number of piperidine rings is 1. The molecule has 2 heterocycles. The van der Waals surface area contributed by atoms with E-state index in [4.69, 9.17) is 4.52 Å². The molecule has 1 saturated heterocycles. The Hall–Kier alpha value is -1.36. The number of hydrogen-bond acceptors (Lipinski definition) is 3. The smallest absolute Gasteiger partial charge is 0.283 e. The van der Waals surface area contributed by atoms with E-state index in [-0.39, 0.29) is 11.9 Å². The maximum atomic E-state index is 12.0. The minimum absolute atomic E-state index is 0.0210. The minimum atomic E-state index is -0.0210. The number of amides is 1. The Morgan fingerprint density at radius 3 is 2.76 bits per heavy atom. The Labute approximate surface area is 101 Å². The van der Waals surface area contributed by atoms with Gasteiger partial charge in [0.25, 0.3) is 5.91 Å². The van der Waals surface area contributed by atoms with E-state index in [0.29, 0.717) is 11.6 Å². The number of nitrogens with zero attached hydrogens (tertiary/aromatic N) is 1. The summed E-state index contributed by atoms with van der Waals surface area (Å²) in [5, 5.41) is 6.56. The normalized spacial score (nSPS) is 18.9. The average molecular weight is 238 g/mol. The van der Waals surface area contributed by atoms with Gasteiger partial charge in [-0.05, 0) is 33.1 Å². The molecule has 0 spiro atoms. The molecule has 0 bridgehead atoms. The first kappa shape index (κ1) is 12.1. The van der Waals surface area contributed by atoms with Gasteiger partial charge in [0, 0.05) is 6.07 Å². The van der Waals surface area contributed by atoms with Gasteiger partial charge in [-0.15, -0.1) is 0 Å². The van der Waals surface area contributed by atoms with Gasteiger partial charge in [-0.1, -0.05) is 5.16 Å². The van der Waals surface area contributed by atoms with Crippen LogP contribution in [0.15, 0.2) is 10.6 Å². The zero-order valence-corrected chi connectivity index (χ0v) is 10.5. The van der Waals surface area contributed by atoms with Gasteiger partial charge in [-0.3, -0.25) is 4.79 Å². The molecule has 1 atom stereocenters. The van der Waals surface area contributed by atoms with Gasteiger partial charge >= 0.3 is 0 Å². The standard InChI is InChI=1S/C12H19N3O2/c1-9-8-11(14-17-9)13-12(16)10(2)15-6-4-3-5-7-15/h8,10H,3-7H2,1-2H3,(H,13,14,16)/p+1/t10-/m0/s1. The Balaban J connectivity index is 1.90. The first-order chi connectivity index (χ1) is 8.16. The SMILES string of the molecule is Cc1cc(NC(=O)[C@H](C)[NH+]2CCCCC2)no1. The van der Waals surface area contributed by atoms with E-state index >= 15 is 0 Å². The molecule has 1 aliphatic heterocycles. The fourth-order valence-electron chi connectivity index (χ4n) is 2.28. The van der Waals surface area contributed by atoms with E-state index < -0.39 is 0 Å². The van der Waals surface area contributed by atoms with Gasteiger partial charge in [0.15, 0.2) is 11.9 Å². The van der Waals surface area contributed by atoms with Gasteiger partial charge in [0.05, 0.1) is 13.1 Å². The number of carbonyl (C=O) groups excluding carboxylic acids is 1. The highest BCUT2D eigenvalue weighted by molar-refractivity contribution is 5.92. The molecule has 2 N–H and O–H groups in total. The summed E-state index contributed by atoms with van der Waals surface area (Å²) in [6.45, 7) is 5.96. The number of hydrogen-bond donors (Lipinski definition) is 2. The van der Waals surface area contributed by atoms with Crippen molar-refractivity contribution in [3.05, 3.63) is 11.8 Å². The van der Waals surface area contributed by atoms with Gasteiger partial charge in [-0.2, -0.15) is 0 Å². The third-order valence-corrected chi connectivity index (χ3v) is 3.38. The van der Waals surface area contributed by atoms with Crippen LogP contribution in [0.2, 0.25) is 0 Å². The number of likely N-dealkylation sites (tertiary alicyclic amines) is 1. The summed E-state index contributed by atoms with van der Waals surface area (Å²) >= 11 is 0. The fraction of sp³-hybridized carbons (Fsp3) is 0.667. The van der Waals surface area contributed by atoms with Crippen LogP contribution in [0.25, 0.3) is 0 Å². The Morgan fingerprint density at radius 2 is 2.18 bits per heavy atom. The lowest BCUT2D eigenvalue weighted by molar-refractivity contribution is -0.918. The number of quaternary nitrogens is 1. The van der Waals surface area contributed by atoms with Gasteiger partial charge in [0.2, 0.25) is 0 Å². The predicted molar refractivity (Wildman–Crippen MR) is 63.9 cm³/mol. The zero-order chi connectivity index (χ0) is 12.3. The number of anilines is 1. The highest BCUT2D eigenvalue weighted by Crippen LogP contribution is 2.07. The summed E-state index contributed by atoms with van der Waals surface area (Å²) in [5.41, 5.74) is 0. The second-order valence-corrected chi connectivity index (χ2v) is 4.75. The third kappa shape index (κ3) is 3.06. The number of nitrogens with one attached hydrogen (secondary N) is 2. The molecular formula is C12H20N3O2+. The largest absolute Gasteiger partial charge is 0.360 e. The lowest BCUT2D eigenvalue weighted by Crippen LogP contribution is -3.17. The molecule has 2 rings (SSSR count).